The highest BCUT2D eigenvalue weighted by Gasteiger charge is 2.25. The number of likely N-dealkylation sites (tertiary alicyclic amines) is 1. The van der Waals surface area contributed by atoms with Crippen LogP contribution in [0.2, 0.25) is 5.02 Å². The minimum absolute atomic E-state index is 0.122. The van der Waals surface area contributed by atoms with E-state index in [0.717, 1.165) is 23.0 Å². The Labute approximate surface area is 121 Å². The van der Waals surface area contributed by atoms with Gasteiger partial charge in [0.15, 0.2) is 0 Å². The van der Waals surface area contributed by atoms with E-state index >= 15 is 0 Å². The molecule has 0 spiro atoms. The first kappa shape index (κ1) is 13.0. The fourth-order valence-corrected chi connectivity index (χ4v) is 2.79. The van der Waals surface area contributed by atoms with Crippen LogP contribution >= 0.6 is 11.6 Å². The second kappa shape index (κ2) is 5.17. The molecule has 5 nitrogen and oxygen atoms in total. The van der Waals surface area contributed by atoms with Gasteiger partial charge < -0.3 is 15.3 Å². The first-order valence-electron chi connectivity index (χ1n) is 6.42. The summed E-state index contributed by atoms with van der Waals surface area (Å²) in [6, 6.07) is 7.76. The van der Waals surface area contributed by atoms with Gasteiger partial charge in [-0.05, 0) is 24.6 Å². The Morgan fingerprint density at radius 2 is 2.35 bits per heavy atom. The number of carboxylic acid groups (broad SMARTS) is 1. The van der Waals surface area contributed by atoms with Crippen LogP contribution in [0.3, 0.4) is 0 Å². The molecule has 1 aliphatic heterocycles. The summed E-state index contributed by atoms with van der Waals surface area (Å²) in [5.41, 5.74) is 1.67. The van der Waals surface area contributed by atoms with Crippen molar-refractivity contribution in [2.45, 2.75) is 12.5 Å². The topological polar surface area (TPSA) is 65.5 Å². The molecule has 1 unspecified atom stereocenters. The molecule has 1 aromatic heterocycles. The van der Waals surface area contributed by atoms with E-state index in [9.17, 15) is 4.79 Å². The average Bonchev–Trinajstić information content (AvgIpc) is 2.87. The molecule has 2 N–H and O–H groups in total. The van der Waals surface area contributed by atoms with Crippen LogP contribution in [0.5, 0.6) is 0 Å². The Bertz CT molecular complexity index is 662. The summed E-state index contributed by atoms with van der Waals surface area (Å²) < 4.78 is 0. The summed E-state index contributed by atoms with van der Waals surface area (Å²) in [4.78, 5) is 16.6. The molecule has 1 fully saturated rings. The predicted octanol–water partition coefficient (Wildman–Crippen LogP) is 3.05. The molecule has 2 aromatic rings. The van der Waals surface area contributed by atoms with E-state index in [1.165, 1.54) is 4.90 Å². The van der Waals surface area contributed by atoms with Crippen LogP contribution < -0.4 is 5.32 Å². The maximum atomic E-state index is 10.9. The smallest absolute Gasteiger partial charge is 0.407 e. The average molecular weight is 292 g/mol. The molecule has 0 radical (unpaired) electrons. The number of hydrogen-bond donors (Lipinski definition) is 2. The summed E-state index contributed by atoms with van der Waals surface area (Å²) in [5.74, 6) is 0. The normalized spacial score (nSPS) is 18.4. The molecule has 1 atom stereocenters. The van der Waals surface area contributed by atoms with Crippen LogP contribution in [-0.2, 0) is 0 Å². The number of halogens is 1. The number of benzene rings is 1. The lowest BCUT2D eigenvalue weighted by molar-refractivity contribution is 0.155. The molecule has 1 aromatic carbocycles. The number of hydrogen-bond acceptors (Lipinski definition) is 3. The highest BCUT2D eigenvalue weighted by Crippen LogP contribution is 2.27. The zero-order valence-electron chi connectivity index (χ0n) is 10.7. The summed E-state index contributed by atoms with van der Waals surface area (Å²) >= 11 is 6.22. The second-order valence-electron chi connectivity index (χ2n) is 4.89. The molecule has 1 aliphatic rings. The van der Waals surface area contributed by atoms with Crippen molar-refractivity contribution in [1.82, 2.24) is 9.88 Å². The SMILES string of the molecule is O=C(O)N1CCC(Nc2cc(Cl)c3ncccc3c2)C1. The Hall–Kier alpha value is -2.01. The van der Waals surface area contributed by atoms with Gasteiger partial charge in [0.05, 0.1) is 10.5 Å². The highest BCUT2D eigenvalue weighted by atomic mass is 35.5. The van der Waals surface area contributed by atoms with Crippen molar-refractivity contribution in [3.05, 3.63) is 35.5 Å². The summed E-state index contributed by atoms with van der Waals surface area (Å²) in [7, 11) is 0. The van der Waals surface area contributed by atoms with Crippen LogP contribution in [0, 0.1) is 0 Å². The third-order valence-electron chi connectivity index (χ3n) is 3.49. The standard InChI is InChI=1S/C14H14ClN3O2/c15-12-7-11(6-9-2-1-4-16-13(9)12)17-10-3-5-18(8-10)14(19)20/h1-2,4,6-7,10,17H,3,5,8H2,(H,19,20). The lowest BCUT2D eigenvalue weighted by Gasteiger charge is -2.15. The van der Waals surface area contributed by atoms with Crippen molar-refractivity contribution in [2.24, 2.45) is 0 Å². The maximum absolute atomic E-state index is 10.9. The molecule has 1 saturated heterocycles. The number of aromatic nitrogens is 1. The third-order valence-corrected chi connectivity index (χ3v) is 3.78. The molecule has 104 valence electrons. The molecule has 20 heavy (non-hydrogen) atoms. The maximum Gasteiger partial charge on any atom is 0.407 e. The molecule has 1 amide bonds. The van der Waals surface area contributed by atoms with Gasteiger partial charge in [-0.1, -0.05) is 17.7 Å². The quantitative estimate of drug-likeness (QED) is 0.892. The Kier molecular flexibility index (Phi) is 3.36. The molecule has 3 rings (SSSR count). The van der Waals surface area contributed by atoms with Crippen LogP contribution in [0.15, 0.2) is 30.5 Å². The number of nitrogens with zero attached hydrogens (tertiary/aromatic N) is 2. The number of anilines is 1. The lowest BCUT2D eigenvalue weighted by atomic mass is 10.1. The van der Waals surface area contributed by atoms with Crippen molar-refractivity contribution in [1.29, 1.82) is 0 Å². The molecule has 2 heterocycles. The van der Waals surface area contributed by atoms with Crippen LogP contribution in [0.1, 0.15) is 6.42 Å². The van der Waals surface area contributed by atoms with E-state index in [-0.39, 0.29) is 6.04 Å². The largest absolute Gasteiger partial charge is 0.465 e. The summed E-state index contributed by atoms with van der Waals surface area (Å²) in [6.45, 7) is 1.06. The van der Waals surface area contributed by atoms with Crippen molar-refractivity contribution >= 4 is 34.3 Å². The number of nitrogens with one attached hydrogen (secondary N) is 1. The number of pyridine rings is 1. The zero-order valence-corrected chi connectivity index (χ0v) is 11.5. The van der Waals surface area contributed by atoms with Crippen molar-refractivity contribution in [3.8, 4) is 0 Å². The number of fused-ring (bicyclic) bond motifs is 1. The Balaban J connectivity index is 1.80. The third kappa shape index (κ3) is 2.49. The fourth-order valence-electron chi connectivity index (χ4n) is 2.52. The van der Waals surface area contributed by atoms with Crippen LogP contribution in [0.4, 0.5) is 10.5 Å². The van der Waals surface area contributed by atoms with Crippen molar-refractivity contribution in [2.75, 3.05) is 18.4 Å². The Morgan fingerprint density at radius 1 is 1.50 bits per heavy atom. The molecular formula is C14H14ClN3O2. The van der Waals surface area contributed by atoms with Gasteiger partial charge in [0, 0.05) is 36.4 Å². The van der Waals surface area contributed by atoms with Gasteiger partial charge in [-0.2, -0.15) is 0 Å². The van der Waals surface area contributed by atoms with E-state index in [2.05, 4.69) is 10.3 Å². The first-order valence-corrected chi connectivity index (χ1v) is 6.80. The van der Waals surface area contributed by atoms with Crippen molar-refractivity contribution in [3.63, 3.8) is 0 Å². The molecule has 0 aliphatic carbocycles. The van der Waals surface area contributed by atoms with E-state index in [1.54, 1.807) is 6.20 Å². The van der Waals surface area contributed by atoms with Gasteiger partial charge in [0.2, 0.25) is 0 Å². The number of rotatable bonds is 2. The summed E-state index contributed by atoms with van der Waals surface area (Å²) in [5, 5.41) is 13.9. The molecule has 6 heteroatoms. The van der Waals surface area contributed by atoms with E-state index in [4.69, 9.17) is 16.7 Å². The predicted molar refractivity (Wildman–Crippen MR) is 78.4 cm³/mol. The fraction of sp³-hybridized carbons (Fsp3) is 0.286. The van der Waals surface area contributed by atoms with Crippen LogP contribution in [0.25, 0.3) is 10.9 Å². The Morgan fingerprint density at radius 3 is 3.10 bits per heavy atom. The first-order chi connectivity index (χ1) is 9.63. The number of carbonyl (C=O) groups is 1. The van der Waals surface area contributed by atoms with E-state index < -0.39 is 6.09 Å². The molecular weight excluding hydrogens is 278 g/mol. The van der Waals surface area contributed by atoms with Gasteiger partial charge in [0.1, 0.15) is 0 Å². The van der Waals surface area contributed by atoms with Gasteiger partial charge in [-0.3, -0.25) is 4.98 Å². The molecule has 0 bridgehead atoms. The zero-order chi connectivity index (χ0) is 14.1. The van der Waals surface area contributed by atoms with E-state index in [0.29, 0.717) is 18.1 Å². The van der Waals surface area contributed by atoms with Gasteiger partial charge in [0.25, 0.3) is 0 Å². The minimum Gasteiger partial charge on any atom is -0.465 e. The lowest BCUT2D eigenvalue weighted by Crippen LogP contribution is -2.30. The van der Waals surface area contributed by atoms with Gasteiger partial charge in [-0.15, -0.1) is 0 Å². The van der Waals surface area contributed by atoms with E-state index in [1.807, 2.05) is 24.3 Å². The van der Waals surface area contributed by atoms with Crippen LogP contribution in [-0.4, -0.2) is 40.2 Å². The number of amides is 1. The minimum atomic E-state index is -0.866. The van der Waals surface area contributed by atoms with Gasteiger partial charge >= 0.3 is 6.09 Å². The second-order valence-corrected chi connectivity index (χ2v) is 5.30. The highest BCUT2D eigenvalue weighted by molar-refractivity contribution is 6.35. The summed E-state index contributed by atoms with van der Waals surface area (Å²) in [6.07, 6.45) is 1.65. The van der Waals surface area contributed by atoms with Crippen molar-refractivity contribution < 1.29 is 9.90 Å². The monoisotopic (exact) mass is 291 g/mol. The van der Waals surface area contributed by atoms with Gasteiger partial charge in [-0.25, -0.2) is 4.79 Å². The molecule has 0 saturated carbocycles.